The number of benzene rings is 2. The molecule has 2 aromatic carbocycles. The molecular formula is C18H14F3NO3. The van der Waals surface area contributed by atoms with Crippen LogP contribution in [0.15, 0.2) is 60.5 Å². The van der Waals surface area contributed by atoms with Gasteiger partial charge in [0.15, 0.2) is 12.0 Å². The highest BCUT2D eigenvalue weighted by molar-refractivity contribution is 6.25. The lowest BCUT2D eigenvalue weighted by Crippen LogP contribution is -2.17. The van der Waals surface area contributed by atoms with Crippen LogP contribution in [0, 0.1) is 0 Å². The van der Waals surface area contributed by atoms with E-state index >= 15 is 0 Å². The van der Waals surface area contributed by atoms with E-state index < -0.39 is 18.2 Å². The molecule has 0 radical (unpaired) electrons. The number of halogens is 3. The molecule has 0 bridgehead atoms. The molecule has 0 amide bonds. The normalized spacial score (nSPS) is 17.4. The van der Waals surface area contributed by atoms with Crippen molar-refractivity contribution in [2.45, 2.75) is 12.5 Å². The maximum absolute atomic E-state index is 12.8. The molecule has 4 nitrogen and oxygen atoms in total. The van der Waals surface area contributed by atoms with Gasteiger partial charge >= 0.3 is 6.36 Å². The van der Waals surface area contributed by atoms with Crippen molar-refractivity contribution < 1.29 is 27.4 Å². The minimum absolute atomic E-state index is 0.184. The molecule has 2 aromatic rings. The predicted molar refractivity (Wildman–Crippen MR) is 84.4 cm³/mol. The first-order valence-corrected chi connectivity index (χ1v) is 7.43. The topological polar surface area (TPSA) is 47.6 Å². The highest BCUT2D eigenvalue weighted by Gasteiger charge is 2.37. The summed E-state index contributed by atoms with van der Waals surface area (Å²) in [6, 6.07) is 14.1. The van der Waals surface area contributed by atoms with Crippen LogP contribution in [0.1, 0.15) is 17.2 Å². The lowest BCUT2D eigenvalue weighted by Gasteiger charge is -2.11. The Morgan fingerprint density at radius 3 is 2.44 bits per heavy atom. The predicted octanol–water partition coefficient (Wildman–Crippen LogP) is 3.81. The zero-order valence-corrected chi connectivity index (χ0v) is 13.1. The summed E-state index contributed by atoms with van der Waals surface area (Å²) in [6.45, 7) is 0. The number of hydrogen-bond acceptors (Lipinski definition) is 4. The number of rotatable bonds is 4. The SMILES string of the molecule is CNC1=C(c2cccc(OC(F)(F)F)c2)C(=O)C(c2ccccc2)O1. The maximum Gasteiger partial charge on any atom is 0.573 e. The highest BCUT2D eigenvalue weighted by Crippen LogP contribution is 2.38. The van der Waals surface area contributed by atoms with Gasteiger partial charge in [0.1, 0.15) is 5.75 Å². The summed E-state index contributed by atoms with van der Waals surface area (Å²) < 4.78 is 46.8. The standard InChI is InChI=1S/C18H14F3NO3/c1-22-17-14(12-8-5-9-13(10-12)25-18(19,20)21)15(23)16(24-17)11-6-3-2-4-7-11/h2-10,16,22H,1H3. The molecule has 0 spiro atoms. The van der Waals surface area contributed by atoms with Crippen LogP contribution >= 0.6 is 0 Å². The van der Waals surface area contributed by atoms with E-state index in [4.69, 9.17) is 4.74 Å². The molecule has 0 aromatic heterocycles. The van der Waals surface area contributed by atoms with Crippen molar-refractivity contribution in [1.29, 1.82) is 0 Å². The quantitative estimate of drug-likeness (QED) is 0.912. The smallest absolute Gasteiger partial charge is 0.462 e. The molecule has 25 heavy (non-hydrogen) atoms. The van der Waals surface area contributed by atoms with Crippen LogP contribution in [0.5, 0.6) is 5.75 Å². The van der Waals surface area contributed by atoms with Crippen molar-refractivity contribution >= 4 is 11.4 Å². The van der Waals surface area contributed by atoms with E-state index in [1.807, 2.05) is 6.07 Å². The Balaban J connectivity index is 1.95. The van der Waals surface area contributed by atoms with E-state index in [0.29, 0.717) is 5.56 Å². The summed E-state index contributed by atoms with van der Waals surface area (Å²) in [5, 5.41) is 2.78. The van der Waals surface area contributed by atoms with Crippen molar-refractivity contribution in [3.8, 4) is 5.75 Å². The third kappa shape index (κ3) is 3.60. The fourth-order valence-electron chi connectivity index (χ4n) is 2.63. The molecular weight excluding hydrogens is 335 g/mol. The van der Waals surface area contributed by atoms with Crippen molar-refractivity contribution in [1.82, 2.24) is 5.32 Å². The molecule has 1 unspecified atom stereocenters. The molecule has 0 fully saturated rings. The number of ether oxygens (including phenoxy) is 2. The first-order chi connectivity index (χ1) is 11.9. The minimum atomic E-state index is -4.80. The van der Waals surface area contributed by atoms with Crippen LogP contribution in [0.3, 0.4) is 0 Å². The summed E-state index contributed by atoms with van der Waals surface area (Å²) in [4.78, 5) is 12.8. The fraction of sp³-hybridized carbons (Fsp3) is 0.167. The van der Waals surface area contributed by atoms with Gasteiger partial charge in [0.05, 0.1) is 5.57 Å². The van der Waals surface area contributed by atoms with Crippen LogP contribution in [-0.4, -0.2) is 19.2 Å². The molecule has 3 rings (SSSR count). The molecule has 1 heterocycles. The van der Waals surface area contributed by atoms with E-state index in [1.54, 1.807) is 31.3 Å². The Labute approximate surface area is 141 Å². The average molecular weight is 349 g/mol. The first kappa shape index (κ1) is 16.9. The van der Waals surface area contributed by atoms with E-state index in [-0.39, 0.29) is 22.8 Å². The van der Waals surface area contributed by atoms with Crippen molar-refractivity contribution in [2.75, 3.05) is 7.05 Å². The van der Waals surface area contributed by atoms with Crippen LogP contribution in [-0.2, 0) is 9.53 Å². The van der Waals surface area contributed by atoms with Crippen LogP contribution < -0.4 is 10.1 Å². The van der Waals surface area contributed by atoms with E-state index in [1.165, 1.54) is 18.2 Å². The number of alkyl halides is 3. The molecule has 1 aliphatic heterocycles. The van der Waals surface area contributed by atoms with Gasteiger partial charge in [0, 0.05) is 12.6 Å². The number of ketones is 1. The monoisotopic (exact) mass is 349 g/mol. The molecule has 0 saturated carbocycles. The fourth-order valence-corrected chi connectivity index (χ4v) is 2.63. The van der Waals surface area contributed by atoms with Crippen molar-refractivity contribution in [3.05, 3.63) is 71.6 Å². The second-order valence-electron chi connectivity index (χ2n) is 5.30. The van der Waals surface area contributed by atoms with Crippen molar-refractivity contribution in [2.24, 2.45) is 0 Å². The van der Waals surface area contributed by atoms with Gasteiger partial charge in [-0.05, 0) is 17.7 Å². The van der Waals surface area contributed by atoms with E-state index in [0.717, 1.165) is 6.07 Å². The Bertz CT molecular complexity index is 816. The maximum atomic E-state index is 12.8. The Kier molecular flexibility index (Phi) is 4.39. The van der Waals surface area contributed by atoms with Gasteiger partial charge in [-0.3, -0.25) is 4.79 Å². The third-order valence-corrected chi connectivity index (χ3v) is 3.63. The van der Waals surface area contributed by atoms with Gasteiger partial charge in [-0.25, -0.2) is 0 Å². The first-order valence-electron chi connectivity index (χ1n) is 7.43. The largest absolute Gasteiger partial charge is 0.573 e. The Morgan fingerprint density at radius 1 is 1.08 bits per heavy atom. The molecule has 1 N–H and O–H groups in total. The van der Waals surface area contributed by atoms with Gasteiger partial charge in [-0.2, -0.15) is 0 Å². The number of hydrogen-bond donors (Lipinski definition) is 1. The van der Waals surface area contributed by atoms with Gasteiger partial charge in [-0.15, -0.1) is 13.2 Å². The molecule has 0 aliphatic carbocycles. The average Bonchev–Trinajstić information content (AvgIpc) is 2.91. The zero-order valence-electron chi connectivity index (χ0n) is 13.1. The molecule has 0 saturated heterocycles. The summed E-state index contributed by atoms with van der Waals surface area (Å²) in [5.41, 5.74) is 1.14. The summed E-state index contributed by atoms with van der Waals surface area (Å²) in [6.07, 6.45) is -5.65. The molecule has 1 atom stereocenters. The molecule has 130 valence electrons. The zero-order chi connectivity index (χ0) is 18.0. The second-order valence-corrected chi connectivity index (χ2v) is 5.30. The minimum Gasteiger partial charge on any atom is -0.462 e. The van der Waals surface area contributed by atoms with E-state index in [9.17, 15) is 18.0 Å². The Morgan fingerprint density at radius 2 is 1.80 bits per heavy atom. The van der Waals surface area contributed by atoms with Gasteiger partial charge in [0.2, 0.25) is 5.78 Å². The highest BCUT2D eigenvalue weighted by atomic mass is 19.4. The van der Waals surface area contributed by atoms with Gasteiger partial charge < -0.3 is 14.8 Å². The summed E-state index contributed by atoms with van der Waals surface area (Å²) in [5.74, 6) is -0.522. The van der Waals surface area contributed by atoms with Crippen molar-refractivity contribution in [3.63, 3.8) is 0 Å². The number of Topliss-reactive ketones (excluding diaryl/α,β-unsaturated/α-hetero) is 1. The molecule has 1 aliphatic rings. The van der Waals surface area contributed by atoms with E-state index in [2.05, 4.69) is 10.1 Å². The molecule has 7 heteroatoms. The number of carbonyl (C=O) groups excluding carboxylic acids is 1. The van der Waals surface area contributed by atoms with Crippen LogP contribution in [0.2, 0.25) is 0 Å². The second kappa shape index (κ2) is 6.51. The Hall–Kier alpha value is -2.96. The van der Waals surface area contributed by atoms with Gasteiger partial charge in [-0.1, -0.05) is 42.5 Å². The van der Waals surface area contributed by atoms with Crippen LogP contribution in [0.4, 0.5) is 13.2 Å². The summed E-state index contributed by atoms with van der Waals surface area (Å²) >= 11 is 0. The summed E-state index contributed by atoms with van der Waals surface area (Å²) in [7, 11) is 1.58. The van der Waals surface area contributed by atoms with Crippen LogP contribution in [0.25, 0.3) is 5.57 Å². The number of carbonyl (C=O) groups is 1. The lowest BCUT2D eigenvalue weighted by molar-refractivity contribution is -0.274. The van der Waals surface area contributed by atoms with Gasteiger partial charge in [0.25, 0.3) is 0 Å². The number of nitrogens with one attached hydrogen (secondary N) is 1. The third-order valence-electron chi connectivity index (χ3n) is 3.63. The lowest BCUT2D eigenvalue weighted by atomic mass is 9.97.